The van der Waals surface area contributed by atoms with Crippen LogP contribution in [0.25, 0.3) is 0 Å². The van der Waals surface area contributed by atoms with E-state index in [9.17, 15) is 9.90 Å². The van der Waals surface area contributed by atoms with Crippen LogP contribution in [0.2, 0.25) is 0 Å². The number of likely N-dealkylation sites (N-methyl/N-ethyl adjacent to an activating group) is 1. The van der Waals surface area contributed by atoms with Crippen molar-refractivity contribution in [1.29, 1.82) is 0 Å². The molecule has 4 nitrogen and oxygen atoms in total. The Morgan fingerprint density at radius 2 is 2.27 bits per heavy atom. The van der Waals surface area contributed by atoms with Crippen LogP contribution in [0.3, 0.4) is 0 Å². The van der Waals surface area contributed by atoms with Crippen molar-refractivity contribution in [2.24, 2.45) is 0 Å². The zero-order chi connectivity index (χ0) is 8.43. The van der Waals surface area contributed by atoms with Crippen LogP contribution in [0.15, 0.2) is 0 Å². The van der Waals surface area contributed by atoms with E-state index in [1.165, 1.54) is 0 Å². The number of hydrogen-bond acceptors (Lipinski definition) is 3. The van der Waals surface area contributed by atoms with E-state index in [1.54, 1.807) is 11.9 Å². The molecular weight excluding hydrogens is 146 g/mol. The van der Waals surface area contributed by atoms with Crippen molar-refractivity contribution >= 4 is 5.97 Å². The minimum absolute atomic E-state index is 0.599. The third kappa shape index (κ3) is 1.70. The van der Waals surface area contributed by atoms with Crippen LogP contribution in [0, 0.1) is 0 Å². The summed E-state index contributed by atoms with van der Waals surface area (Å²) in [4.78, 5) is 12.3. The number of rotatable bonds is 1. The van der Waals surface area contributed by atoms with Gasteiger partial charge in [0.2, 0.25) is 0 Å². The summed E-state index contributed by atoms with van der Waals surface area (Å²) in [7, 11) is 1.72. The van der Waals surface area contributed by atoms with Gasteiger partial charge in [-0.25, -0.2) is 0 Å². The van der Waals surface area contributed by atoms with Crippen molar-refractivity contribution in [1.82, 2.24) is 4.90 Å². The molecule has 0 aromatic heterocycles. The third-order valence-corrected chi connectivity index (χ3v) is 2.10. The fourth-order valence-corrected chi connectivity index (χ4v) is 1.49. The highest BCUT2D eigenvalue weighted by Crippen LogP contribution is 2.15. The minimum atomic E-state index is -0.931. The van der Waals surface area contributed by atoms with Gasteiger partial charge in [-0.15, -0.1) is 0 Å². The fraction of sp³-hybridized carbons (Fsp3) is 0.857. The van der Waals surface area contributed by atoms with E-state index in [-0.39, 0.29) is 0 Å². The second-order valence-electron chi connectivity index (χ2n) is 2.97. The number of carboxylic acids is 1. The molecule has 0 aliphatic carbocycles. The molecule has 64 valence electrons. The van der Waals surface area contributed by atoms with Gasteiger partial charge in [-0.05, 0) is 26.4 Å². The van der Waals surface area contributed by atoms with Crippen LogP contribution in [0.4, 0.5) is 0 Å². The zero-order valence-electron chi connectivity index (χ0n) is 6.53. The van der Waals surface area contributed by atoms with Gasteiger partial charge in [0.15, 0.2) is 0 Å². The first-order valence-corrected chi connectivity index (χ1v) is 3.74. The first kappa shape index (κ1) is 8.49. The van der Waals surface area contributed by atoms with Crippen LogP contribution in [0.1, 0.15) is 12.8 Å². The number of aliphatic hydroxyl groups is 1. The van der Waals surface area contributed by atoms with Gasteiger partial charge in [0.05, 0.1) is 6.10 Å². The topological polar surface area (TPSA) is 60.8 Å². The van der Waals surface area contributed by atoms with Gasteiger partial charge in [-0.3, -0.25) is 9.69 Å². The van der Waals surface area contributed by atoms with Gasteiger partial charge in [0, 0.05) is 0 Å². The molecular formula is C7H13NO3. The monoisotopic (exact) mass is 159 g/mol. The Morgan fingerprint density at radius 1 is 1.64 bits per heavy atom. The van der Waals surface area contributed by atoms with Crippen molar-refractivity contribution in [3.05, 3.63) is 0 Å². The van der Waals surface area contributed by atoms with Crippen LogP contribution >= 0.6 is 0 Å². The van der Waals surface area contributed by atoms with Crippen LogP contribution in [-0.2, 0) is 4.79 Å². The van der Waals surface area contributed by atoms with Gasteiger partial charge >= 0.3 is 5.97 Å². The summed E-state index contributed by atoms with van der Waals surface area (Å²) in [6.07, 6.45) is 0.772. The summed E-state index contributed by atoms with van der Waals surface area (Å²) >= 11 is 0. The van der Waals surface area contributed by atoms with Gasteiger partial charge in [0.1, 0.15) is 6.04 Å². The van der Waals surface area contributed by atoms with Crippen molar-refractivity contribution in [3.63, 3.8) is 0 Å². The van der Waals surface area contributed by atoms with Gasteiger partial charge < -0.3 is 10.2 Å². The first-order chi connectivity index (χ1) is 5.13. The maximum Gasteiger partial charge on any atom is 0.323 e. The Balaban J connectivity index is 2.62. The molecule has 0 aromatic carbocycles. The molecule has 1 rings (SSSR count). The van der Waals surface area contributed by atoms with Gasteiger partial charge in [0.25, 0.3) is 0 Å². The average molecular weight is 159 g/mol. The van der Waals surface area contributed by atoms with Crippen LogP contribution < -0.4 is 0 Å². The van der Waals surface area contributed by atoms with Crippen molar-refractivity contribution < 1.29 is 15.0 Å². The lowest BCUT2D eigenvalue weighted by molar-refractivity contribution is -0.149. The predicted octanol–water partition coefficient (Wildman–Crippen LogP) is -0.474. The SMILES string of the molecule is CN1CCCC(O)C1C(=O)O. The van der Waals surface area contributed by atoms with E-state index in [1.807, 2.05) is 0 Å². The van der Waals surface area contributed by atoms with E-state index in [0.717, 1.165) is 13.0 Å². The number of piperidine rings is 1. The van der Waals surface area contributed by atoms with E-state index < -0.39 is 18.1 Å². The molecule has 0 radical (unpaired) electrons. The predicted molar refractivity (Wildman–Crippen MR) is 39.3 cm³/mol. The second kappa shape index (κ2) is 3.19. The molecule has 4 heteroatoms. The normalized spacial score (nSPS) is 33.6. The number of aliphatic hydroxyl groups excluding tert-OH is 1. The lowest BCUT2D eigenvalue weighted by Crippen LogP contribution is -2.50. The highest BCUT2D eigenvalue weighted by molar-refractivity contribution is 5.74. The molecule has 1 fully saturated rings. The summed E-state index contributed by atoms with van der Waals surface area (Å²) in [5, 5.41) is 18.0. The minimum Gasteiger partial charge on any atom is -0.480 e. The zero-order valence-corrected chi connectivity index (χ0v) is 6.53. The standard InChI is InChI=1S/C7H13NO3/c1-8-4-2-3-5(9)6(8)7(10)11/h5-6,9H,2-4H2,1H3,(H,10,11). The summed E-state index contributed by atoms with van der Waals surface area (Å²) in [6, 6.07) is -0.705. The molecule has 2 unspecified atom stereocenters. The Kier molecular flexibility index (Phi) is 2.46. The summed E-state index contributed by atoms with van der Waals surface area (Å²) < 4.78 is 0. The van der Waals surface area contributed by atoms with Crippen LogP contribution in [-0.4, -0.2) is 46.8 Å². The Labute approximate surface area is 65.4 Å². The molecule has 2 N–H and O–H groups in total. The average Bonchev–Trinajstić information content (AvgIpc) is 1.85. The van der Waals surface area contributed by atoms with E-state index in [2.05, 4.69) is 0 Å². The van der Waals surface area contributed by atoms with Crippen molar-refractivity contribution in [3.8, 4) is 0 Å². The maximum absolute atomic E-state index is 10.6. The highest BCUT2D eigenvalue weighted by Gasteiger charge is 2.33. The van der Waals surface area contributed by atoms with E-state index >= 15 is 0 Å². The van der Waals surface area contributed by atoms with Crippen molar-refractivity contribution in [2.45, 2.75) is 25.0 Å². The number of likely N-dealkylation sites (tertiary alicyclic amines) is 1. The van der Waals surface area contributed by atoms with E-state index in [0.29, 0.717) is 6.42 Å². The lowest BCUT2D eigenvalue weighted by atomic mass is 10.00. The van der Waals surface area contributed by atoms with Gasteiger partial charge in [-0.1, -0.05) is 0 Å². The molecule has 0 bridgehead atoms. The van der Waals surface area contributed by atoms with Crippen molar-refractivity contribution in [2.75, 3.05) is 13.6 Å². The highest BCUT2D eigenvalue weighted by atomic mass is 16.4. The van der Waals surface area contributed by atoms with E-state index in [4.69, 9.17) is 5.11 Å². The number of carbonyl (C=O) groups is 1. The maximum atomic E-state index is 10.6. The Hall–Kier alpha value is -0.610. The summed E-state index contributed by atoms with van der Waals surface area (Å²) in [5.41, 5.74) is 0. The molecule has 0 saturated carbocycles. The molecule has 2 atom stereocenters. The number of carboxylic acid groups (broad SMARTS) is 1. The molecule has 0 amide bonds. The number of hydrogen-bond donors (Lipinski definition) is 2. The molecule has 1 saturated heterocycles. The summed E-state index contributed by atoms with van der Waals surface area (Å²) in [5.74, 6) is -0.931. The molecule has 0 aromatic rings. The Morgan fingerprint density at radius 3 is 2.64 bits per heavy atom. The fourth-order valence-electron chi connectivity index (χ4n) is 1.49. The number of aliphatic carboxylic acids is 1. The first-order valence-electron chi connectivity index (χ1n) is 3.74. The third-order valence-electron chi connectivity index (χ3n) is 2.10. The smallest absolute Gasteiger partial charge is 0.323 e. The molecule has 11 heavy (non-hydrogen) atoms. The second-order valence-corrected chi connectivity index (χ2v) is 2.97. The van der Waals surface area contributed by atoms with Crippen LogP contribution in [0.5, 0.6) is 0 Å². The quantitative estimate of drug-likeness (QED) is 0.543. The molecule has 1 heterocycles. The molecule has 1 aliphatic rings. The number of nitrogens with zero attached hydrogens (tertiary/aromatic N) is 1. The molecule has 1 aliphatic heterocycles. The summed E-state index contributed by atoms with van der Waals surface area (Å²) in [6.45, 7) is 0.758. The lowest BCUT2D eigenvalue weighted by Gasteiger charge is -2.33. The molecule has 0 spiro atoms. The van der Waals surface area contributed by atoms with Gasteiger partial charge in [-0.2, -0.15) is 0 Å². The largest absolute Gasteiger partial charge is 0.480 e. The Bertz CT molecular complexity index is 150.